The van der Waals surface area contributed by atoms with Gasteiger partial charge in [0.15, 0.2) is 0 Å². The number of rotatable bonds is 0. The van der Waals surface area contributed by atoms with Crippen LogP contribution in [0.3, 0.4) is 0 Å². The molecule has 0 aromatic carbocycles. The van der Waals surface area contributed by atoms with Gasteiger partial charge in [-0.3, -0.25) is 0 Å². The van der Waals surface area contributed by atoms with Crippen molar-refractivity contribution in [2.75, 3.05) is 0 Å². The molecule has 0 atom stereocenters. The van der Waals surface area contributed by atoms with Crippen LogP contribution in [0.4, 0.5) is 0 Å². The van der Waals surface area contributed by atoms with E-state index < -0.39 is 0 Å². The molecule has 0 nitrogen and oxygen atoms in total. The van der Waals surface area contributed by atoms with Gasteiger partial charge in [0.25, 0.3) is 0 Å². The van der Waals surface area contributed by atoms with Gasteiger partial charge in [0.2, 0.25) is 0 Å². The third-order valence-corrected chi connectivity index (χ3v) is 0. The molecule has 0 N–H and O–H groups in total. The van der Waals surface area contributed by atoms with Crippen molar-refractivity contribution in [3.8, 4) is 0 Å². The Kier molecular flexibility index (Phi) is 19.9. The second kappa shape index (κ2) is 8.86. The fraction of sp³-hybridized carbons (Fsp3) is 1.00. The molecule has 0 spiro atoms. The first-order valence-corrected chi connectivity index (χ1v) is 12.4. The predicted octanol–water partition coefficient (Wildman–Crippen LogP) is 0.895. The van der Waals surface area contributed by atoms with Crippen molar-refractivity contribution < 1.29 is 24.6 Å². The van der Waals surface area contributed by atoms with E-state index >= 15 is 0 Å². The Morgan fingerprint density at radius 3 is 1.25 bits per heavy atom. The van der Waals surface area contributed by atoms with Crippen LogP contribution in [0.2, 0.25) is 8.86 Å². The normalized spacial score (nSPS) is 2.50. The van der Waals surface area contributed by atoms with Crippen molar-refractivity contribution in [1.29, 1.82) is 0 Å². The molecule has 24 valence electrons. The van der Waals surface area contributed by atoms with E-state index in [1.807, 2.05) is 0 Å². The van der Waals surface area contributed by atoms with Crippen LogP contribution in [-0.4, -0.2) is 0 Å². The second-order valence-corrected chi connectivity index (χ2v) is 6.20. The summed E-state index contributed by atoms with van der Waals surface area (Å²) in [4.78, 5) is 0. The first-order chi connectivity index (χ1) is 1.41. The van der Waals surface area contributed by atoms with Crippen molar-refractivity contribution in [2.24, 2.45) is 0 Å². The molecular weight excluding hydrogens is 257 g/mol. The minimum Gasteiger partial charge on any atom is -0.813 e. The van der Waals surface area contributed by atoms with E-state index in [2.05, 4.69) is 8.86 Å². The van der Waals surface area contributed by atoms with Gasteiger partial charge in [-0.15, -0.1) is 0 Å². The number of hydrogen-bond donors (Lipinski definition) is 0. The monoisotopic (exact) mass is 265 g/mol. The summed E-state index contributed by atoms with van der Waals surface area (Å²) in [5.74, 6) is 0. The predicted molar refractivity (Wildman–Crippen MR) is 20.5 cm³/mol. The summed E-state index contributed by atoms with van der Waals surface area (Å²) in [5.41, 5.74) is 0. The molecule has 0 amide bonds. The Hall–Kier alpha value is 1.29. The minimum absolute atomic E-state index is 0. The average Bonchev–Trinajstić information content (AvgIpc) is 0.918. The quantitative estimate of drug-likeness (QED) is 0.355. The Morgan fingerprint density at radius 2 is 1.25 bits per heavy atom. The molecule has 0 unspecified atom stereocenters. The van der Waals surface area contributed by atoms with Crippen molar-refractivity contribution in [3.05, 3.63) is 0 Å². The fourth-order valence-electron chi connectivity index (χ4n) is 0. The molecule has 0 fully saturated rings. The van der Waals surface area contributed by atoms with Crippen molar-refractivity contribution >= 4 is 13.5 Å². The summed E-state index contributed by atoms with van der Waals surface area (Å²) in [5, 5.41) is 0. The van der Waals surface area contributed by atoms with Crippen LogP contribution in [0.15, 0.2) is 0 Å². The molecule has 0 rings (SSSR count). The van der Waals surface area contributed by atoms with Crippen LogP contribution in [0.5, 0.6) is 0 Å². The van der Waals surface area contributed by atoms with Gasteiger partial charge in [-0.05, 0) is 0 Å². The summed E-state index contributed by atoms with van der Waals surface area (Å²) in [6, 6.07) is 0. The third kappa shape index (κ3) is 10.4. The zero-order valence-electron chi connectivity index (χ0n) is 3.15. The third-order valence-electron chi connectivity index (χ3n) is 0. The van der Waals surface area contributed by atoms with Crippen LogP contribution < -0.4 is 0 Å². The summed E-state index contributed by atoms with van der Waals surface area (Å²) < 4.78 is 4.69. The Bertz CT molecular complexity index is 6.00. The van der Waals surface area contributed by atoms with Crippen LogP contribution >= 0.6 is 0 Å². The van der Waals surface area contributed by atoms with Gasteiger partial charge >= 0.3 is 33.4 Å². The van der Waals surface area contributed by atoms with Gasteiger partial charge in [-0.2, -0.15) is 0 Å². The maximum atomic E-state index is 2.35. The largest absolute Gasteiger partial charge is 0.813 e. The van der Waals surface area contributed by atoms with E-state index in [1.54, 1.807) is 0 Å². The average molecular weight is 264 g/mol. The topological polar surface area (TPSA) is 0 Å². The molecule has 0 radical (unpaired) electrons. The smallest absolute Gasteiger partial charge is 0.813 e. The van der Waals surface area contributed by atoms with Gasteiger partial charge in [0.1, 0.15) is 0 Å². The molecule has 0 aliphatic rings. The van der Waals surface area contributed by atoms with E-state index in [4.69, 9.17) is 0 Å². The van der Waals surface area contributed by atoms with Gasteiger partial charge in [0, 0.05) is 0 Å². The minimum atomic E-state index is -0.0833. The Morgan fingerprint density at radius 1 is 1.25 bits per heavy atom. The summed E-state index contributed by atoms with van der Waals surface area (Å²) in [6.07, 6.45) is 0. The SMILES string of the molecule is [CH3][Hg][CH3].[SH-]. The molecule has 0 saturated carbocycles. The fourth-order valence-corrected chi connectivity index (χ4v) is 0. The van der Waals surface area contributed by atoms with Gasteiger partial charge in [-0.25, -0.2) is 0 Å². The summed E-state index contributed by atoms with van der Waals surface area (Å²) >= 11 is -0.0833. The molecule has 4 heavy (non-hydrogen) atoms. The Balaban J connectivity index is 0. The molecule has 2 heteroatoms. The van der Waals surface area contributed by atoms with Crippen molar-refractivity contribution in [3.63, 3.8) is 0 Å². The summed E-state index contributed by atoms with van der Waals surface area (Å²) in [7, 11) is 0. The molecule has 0 aliphatic carbocycles. The Labute approximate surface area is 46.9 Å². The van der Waals surface area contributed by atoms with Crippen LogP contribution in [0.25, 0.3) is 0 Å². The first kappa shape index (κ1) is 8.99. The van der Waals surface area contributed by atoms with E-state index in [-0.39, 0.29) is 38.1 Å². The number of thiol groups is 1. The molecule has 0 aliphatic heterocycles. The van der Waals surface area contributed by atoms with E-state index in [0.717, 1.165) is 0 Å². The molecule has 0 bridgehead atoms. The maximum Gasteiger partial charge on any atom is -0.813 e. The maximum absolute atomic E-state index is 2.35. The van der Waals surface area contributed by atoms with Crippen LogP contribution in [-0.2, 0) is 38.1 Å². The van der Waals surface area contributed by atoms with E-state index in [9.17, 15) is 0 Å². The zero-order valence-corrected chi connectivity index (χ0v) is 9.55. The standard InChI is InChI=1S/2CH3.Hg.H2S/h2*1H3;;1H2/p-1. The van der Waals surface area contributed by atoms with Crippen molar-refractivity contribution in [2.45, 2.75) is 8.86 Å². The molecule has 0 saturated heterocycles. The molecule has 0 heterocycles. The van der Waals surface area contributed by atoms with Crippen LogP contribution in [0.1, 0.15) is 0 Å². The second-order valence-electron chi connectivity index (χ2n) is 0.707. The van der Waals surface area contributed by atoms with Gasteiger partial charge < -0.3 is 13.5 Å². The van der Waals surface area contributed by atoms with Gasteiger partial charge in [-0.1, -0.05) is 0 Å². The number of hydrogen-bond acceptors (Lipinski definition) is 1. The van der Waals surface area contributed by atoms with Gasteiger partial charge in [0.05, 0.1) is 0 Å². The van der Waals surface area contributed by atoms with E-state index in [0.29, 0.717) is 0 Å². The van der Waals surface area contributed by atoms with E-state index in [1.165, 1.54) is 0 Å². The van der Waals surface area contributed by atoms with Crippen LogP contribution in [0, 0.1) is 0 Å². The summed E-state index contributed by atoms with van der Waals surface area (Å²) in [6.45, 7) is 0. The first-order valence-electron chi connectivity index (χ1n) is 1.41. The molecule has 0 aromatic rings. The van der Waals surface area contributed by atoms with Crippen molar-refractivity contribution in [1.82, 2.24) is 0 Å². The zero-order chi connectivity index (χ0) is 2.71. The molecule has 0 aromatic heterocycles. The molecular formula is C2H7HgS-.